The number of H-pyrrole nitrogens is 1. The van der Waals surface area contributed by atoms with Crippen molar-refractivity contribution >= 4 is 28.1 Å². The van der Waals surface area contributed by atoms with E-state index in [0.29, 0.717) is 28.1 Å². The molecule has 0 saturated carbocycles. The number of aliphatic hydroxyl groups excluding tert-OH is 1. The van der Waals surface area contributed by atoms with Crippen molar-refractivity contribution in [3.63, 3.8) is 0 Å². The lowest BCUT2D eigenvalue weighted by Crippen LogP contribution is -2.35. The van der Waals surface area contributed by atoms with Crippen LogP contribution in [0.3, 0.4) is 0 Å². The van der Waals surface area contributed by atoms with Crippen molar-refractivity contribution in [2.45, 2.75) is 37.5 Å². The maximum absolute atomic E-state index is 15.2. The molecule has 5 rings (SSSR count). The first-order chi connectivity index (χ1) is 15.9. The topological polar surface area (TPSA) is 94.1 Å². The first kappa shape index (κ1) is 21.3. The molecule has 1 fully saturated rings. The molecule has 2 aliphatic rings. The van der Waals surface area contributed by atoms with Gasteiger partial charge < -0.3 is 20.3 Å². The van der Waals surface area contributed by atoms with Crippen molar-refractivity contribution < 1.29 is 9.50 Å². The van der Waals surface area contributed by atoms with E-state index in [9.17, 15) is 9.90 Å². The van der Waals surface area contributed by atoms with Gasteiger partial charge in [-0.15, -0.1) is 0 Å². The summed E-state index contributed by atoms with van der Waals surface area (Å²) in [6.07, 6.45) is 11.4. The van der Waals surface area contributed by atoms with Crippen LogP contribution in [-0.2, 0) is 0 Å². The minimum Gasteiger partial charge on any atom is -0.393 e. The lowest BCUT2D eigenvalue weighted by molar-refractivity contribution is 0.145. The van der Waals surface area contributed by atoms with E-state index < -0.39 is 11.6 Å². The fourth-order valence-corrected chi connectivity index (χ4v) is 4.48. The number of aliphatic hydroxyl groups is 1. The van der Waals surface area contributed by atoms with Gasteiger partial charge in [-0.3, -0.25) is 9.78 Å². The van der Waals surface area contributed by atoms with Crippen molar-refractivity contribution in [3.05, 3.63) is 77.0 Å². The number of hydrogen-bond acceptors (Lipinski definition) is 6. The summed E-state index contributed by atoms with van der Waals surface area (Å²) in [6, 6.07) is 7.26. The van der Waals surface area contributed by atoms with E-state index >= 15 is 4.39 Å². The van der Waals surface area contributed by atoms with Gasteiger partial charge in [0.15, 0.2) is 0 Å². The maximum atomic E-state index is 15.2. The van der Waals surface area contributed by atoms with Gasteiger partial charge in [0.2, 0.25) is 0 Å². The summed E-state index contributed by atoms with van der Waals surface area (Å²) < 4.78 is 15.2. The first-order valence-corrected chi connectivity index (χ1v) is 11.1. The van der Waals surface area contributed by atoms with Crippen LogP contribution in [-0.4, -0.2) is 44.9 Å². The number of anilines is 3. The molecule has 2 unspecified atom stereocenters. The highest BCUT2D eigenvalue weighted by Crippen LogP contribution is 2.38. The van der Waals surface area contributed by atoms with E-state index in [4.69, 9.17) is 0 Å². The molecule has 170 valence electrons. The van der Waals surface area contributed by atoms with E-state index in [1.54, 1.807) is 36.7 Å². The fourth-order valence-electron chi connectivity index (χ4n) is 4.48. The number of halogens is 1. The van der Waals surface area contributed by atoms with Crippen LogP contribution in [0.5, 0.6) is 0 Å². The molecule has 4 heterocycles. The molecule has 1 saturated heterocycles. The summed E-state index contributed by atoms with van der Waals surface area (Å²) in [6.45, 7) is 3.09. The third kappa shape index (κ3) is 4.26. The summed E-state index contributed by atoms with van der Waals surface area (Å²) in [5.74, 6) is -0.00360. The van der Waals surface area contributed by atoms with E-state index in [-0.39, 0.29) is 11.7 Å². The second-order valence-electron chi connectivity index (χ2n) is 8.78. The number of allylic oxidation sites excluding steroid dienone is 4. The second-order valence-corrected chi connectivity index (χ2v) is 8.78. The zero-order valence-electron chi connectivity index (χ0n) is 18.3. The summed E-state index contributed by atoms with van der Waals surface area (Å²) in [5.41, 5.74) is 0.663. The number of nitrogens with zero attached hydrogens (tertiary/aromatic N) is 3. The molecule has 1 aliphatic carbocycles. The van der Waals surface area contributed by atoms with Crippen molar-refractivity contribution in [1.82, 2.24) is 15.0 Å². The van der Waals surface area contributed by atoms with Crippen LogP contribution < -0.4 is 15.8 Å². The molecule has 3 aromatic rings. The molecule has 8 heteroatoms. The average Bonchev–Trinajstić information content (AvgIpc) is 2.80. The SMILES string of the molecule is CC1(F)C=CC=CC1c1cc(Nc2ccc(N3CCC(O)CC3)cn2)c2c(=O)[nH]ccc2n1. The maximum Gasteiger partial charge on any atom is 0.259 e. The van der Waals surface area contributed by atoms with Crippen molar-refractivity contribution in [2.75, 3.05) is 23.3 Å². The zero-order chi connectivity index (χ0) is 23.0. The number of nitrogens with one attached hydrogen (secondary N) is 2. The van der Waals surface area contributed by atoms with Crippen LogP contribution in [0.15, 0.2) is 65.8 Å². The van der Waals surface area contributed by atoms with Gasteiger partial charge in [-0.25, -0.2) is 9.37 Å². The Kier molecular flexibility index (Phi) is 5.46. The van der Waals surface area contributed by atoms with Gasteiger partial charge in [0.05, 0.1) is 46.2 Å². The molecule has 7 nitrogen and oxygen atoms in total. The number of aromatic amines is 1. The van der Waals surface area contributed by atoms with Crippen LogP contribution >= 0.6 is 0 Å². The Bertz CT molecular complexity index is 1270. The number of alkyl halides is 1. The Morgan fingerprint density at radius 2 is 2.06 bits per heavy atom. The Balaban J connectivity index is 1.49. The molecular formula is C25H26FN5O2. The molecule has 0 bridgehead atoms. The highest BCUT2D eigenvalue weighted by atomic mass is 19.1. The number of hydrogen-bond donors (Lipinski definition) is 3. The van der Waals surface area contributed by atoms with Gasteiger partial charge in [-0.05, 0) is 50.1 Å². The molecule has 1 aliphatic heterocycles. The Morgan fingerprint density at radius 3 is 2.79 bits per heavy atom. The lowest BCUT2D eigenvalue weighted by Gasteiger charge is -2.31. The predicted molar refractivity (Wildman–Crippen MR) is 128 cm³/mol. The molecule has 3 aromatic heterocycles. The van der Waals surface area contributed by atoms with Crippen molar-refractivity contribution in [2.24, 2.45) is 0 Å². The van der Waals surface area contributed by atoms with E-state index in [1.807, 2.05) is 18.2 Å². The van der Waals surface area contributed by atoms with E-state index in [2.05, 4.69) is 25.2 Å². The van der Waals surface area contributed by atoms with Crippen LogP contribution in [0.2, 0.25) is 0 Å². The van der Waals surface area contributed by atoms with Gasteiger partial charge in [0.1, 0.15) is 11.5 Å². The molecular weight excluding hydrogens is 421 g/mol. The van der Waals surface area contributed by atoms with Crippen molar-refractivity contribution in [3.8, 4) is 0 Å². The Labute approximate surface area is 190 Å². The third-order valence-electron chi connectivity index (χ3n) is 6.35. The summed E-state index contributed by atoms with van der Waals surface area (Å²) >= 11 is 0. The highest BCUT2D eigenvalue weighted by Gasteiger charge is 2.34. The van der Waals surface area contributed by atoms with Gasteiger partial charge in [0, 0.05) is 19.3 Å². The molecule has 0 amide bonds. The number of aromatic nitrogens is 3. The third-order valence-corrected chi connectivity index (χ3v) is 6.35. The summed E-state index contributed by atoms with van der Waals surface area (Å²) in [4.78, 5) is 26.6. The fraction of sp³-hybridized carbons (Fsp3) is 0.320. The second kappa shape index (κ2) is 8.44. The molecule has 0 spiro atoms. The standard InChI is InChI=1S/C25H26FN5O2/c1-25(26)10-3-2-4-18(25)20-14-21(23-19(29-20)7-11-27-24(23)33)30-22-6-5-16(15-28-22)31-12-8-17(32)9-13-31/h2-7,10-11,14-15,17-18,32H,8-9,12-13H2,1H3,(H,27,33)(H,28,29,30). The monoisotopic (exact) mass is 447 g/mol. The van der Waals surface area contributed by atoms with Gasteiger partial charge in [-0.2, -0.15) is 0 Å². The van der Waals surface area contributed by atoms with Gasteiger partial charge >= 0.3 is 0 Å². The smallest absolute Gasteiger partial charge is 0.259 e. The normalized spacial score (nSPS) is 23.2. The largest absolute Gasteiger partial charge is 0.393 e. The van der Waals surface area contributed by atoms with Gasteiger partial charge in [-0.1, -0.05) is 18.2 Å². The number of rotatable bonds is 4. The zero-order valence-corrected chi connectivity index (χ0v) is 18.3. The first-order valence-electron chi connectivity index (χ1n) is 11.1. The van der Waals surface area contributed by atoms with Gasteiger partial charge in [0.25, 0.3) is 5.56 Å². The van der Waals surface area contributed by atoms with Crippen LogP contribution in [0.25, 0.3) is 10.9 Å². The number of pyridine rings is 3. The average molecular weight is 448 g/mol. The van der Waals surface area contributed by atoms with E-state index in [0.717, 1.165) is 31.6 Å². The quantitative estimate of drug-likeness (QED) is 0.561. The molecule has 2 atom stereocenters. The number of piperidine rings is 1. The Morgan fingerprint density at radius 1 is 1.24 bits per heavy atom. The number of fused-ring (bicyclic) bond motifs is 1. The lowest BCUT2D eigenvalue weighted by atomic mass is 9.84. The minimum absolute atomic E-state index is 0.233. The van der Waals surface area contributed by atoms with E-state index in [1.165, 1.54) is 13.0 Å². The summed E-state index contributed by atoms with van der Waals surface area (Å²) in [5, 5.41) is 13.4. The van der Waals surface area contributed by atoms with Crippen LogP contribution in [0.1, 0.15) is 31.4 Å². The minimum atomic E-state index is -1.59. The van der Waals surface area contributed by atoms with Crippen molar-refractivity contribution in [1.29, 1.82) is 0 Å². The van der Waals surface area contributed by atoms with Crippen LogP contribution in [0.4, 0.5) is 21.6 Å². The molecule has 0 aromatic carbocycles. The molecule has 0 radical (unpaired) electrons. The summed E-state index contributed by atoms with van der Waals surface area (Å²) in [7, 11) is 0. The molecule has 33 heavy (non-hydrogen) atoms. The Hall–Kier alpha value is -3.52. The van der Waals surface area contributed by atoms with Crippen LogP contribution in [0, 0.1) is 0 Å². The predicted octanol–water partition coefficient (Wildman–Crippen LogP) is 3.96. The molecule has 3 N–H and O–H groups in total. The highest BCUT2D eigenvalue weighted by molar-refractivity contribution is 5.92.